The van der Waals surface area contributed by atoms with E-state index in [4.69, 9.17) is 4.98 Å². The number of nitrogens with zero attached hydrogens (tertiary/aromatic N) is 1. The Hall–Kier alpha value is -3.21. The van der Waals surface area contributed by atoms with Gasteiger partial charge in [0.05, 0.1) is 11.3 Å². The molecule has 2 N–H and O–H groups in total. The van der Waals surface area contributed by atoms with Crippen LogP contribution in [0.3, 0.4) is 0 Å². The van der Waals surface area contributed by atoms with Crippen molar-refractivity contribution in [2.45, 2.75) is 52.1 Å². The molecule has 0 bridgehead atoms. The third kappa shape index (κ3) is 5.09. The first-order valence-corrected chi connectivity index (χ1v) is 12.1. The maximum absolute atomic E-state index is 11.7. The van der Waals surface area contributed by atoms with Gasteiger partial charge in [-0.05, 0) is 90.3 Å². The lowest BCUT2D eigenvalue weighted by Gasteiger charge is -2.22. The molecule has 5 heteroatoms. The molecular formula is C30H31ClN2O2. The molecule has 0 aliphatic heterocycles. The SMILES string of the molecule is Cc1ccc(-c2cc(CN[C@H](C)c3cccc4ccccc34)nc3c2CCCC3)cc1C(=O)O.Cl. The maximum Gasteiger partial charge on any atom is 0.335 e. The molecule has 180 valence electrons. The molecule has 0 saturated heterocycles. The van der Waals surface area contributed by atoms with E-state index in [9.17, 15) is 9.90 Å². The van der Waals surface area contributed by atoms with Crippen molar-refractivity contribution in [1.82, 2.24) is 10.3 Å². The quantitative estimate of drug-likeness (QED) is 0.306. The van der Waals surface area contributed by atoms with Gasteiger partial charge in [0.25, 0.3) is 0 Å². The topological polar surface area (TPSA) is 62.2 Å². The number of carboxylic acid groups (broad SMARTS) is 1. The highest BCUT2D eigenvalue weighted by atomic mass is 35.5. The first kappa shape index (κ1) is 24.9. The van der Waals surface area contributed by atoms with E-state index in [2.05, 4.69) is 60.8 Å². The van der Waals surface area contributed by atoms with Gasteiger partial charge in [-0.1, -0.05) is 54.6 Å². The Morgan fingerprint density at radius 2 is 1.80 bits per heavy atom. The zero-order valence-electron chi connectivity index (χ0n) is 20.2. The zero-order valence-corrected chi connectivity index (χ0v) is 21.0. The van der Waals surface area contributed by atoms with Crippen LogP contribution in [0.4, 0.5) is 0 Å². The molecule has 35 heavy (non-hydrogen) atoms. The first-order chi connectivity index (χ1) is 16.5. The van der Waals surface area contributed by atoms with Crippen LogP contribution in [0.1, 0.15) is 64.2 Å². The highest BCUT2D eigenvalue weighted by molar-refractivity contribution is 5.91. The Labute approximate surface area is 212 Å². The summed E-state index contributed by atoms with van der Waals surface area (Å²) in [5.41, 5.74) is 7.95. The third-order valence-electron chi connectivity index (χ3n) is 7.01. The average molecular weight is 487 g/mol. The van der Waals surface area contributed by atoms with Gasteiger partial charge in [-0.25, -0.2) is 4.79 Å². The van der Waals surface area contributed by atoms with E-state index in [1.54, 1.807) is 0 Å². The number of fused-ring (bicyclic) bond motifs is 2. The number of nitrogens with one attached hydrogen (secondary N) is 1. The largest absolute Gasteiger partial charge is 0.478 e. The summed E-state index contributed by atoms with van der Waals surface area (Å²) in [7, 11) is 0. The molecule has 1 aliphatic rings. The molecule has 3 aromatic carbocycles. The smallest absolute Gasteiger partial charge is 0.335 e. The van der Waals surface area contributed by atoms with E-state index in [0.29, 0.717) is 12.1 Å². The van der Waals surface area contributed by atoms with Gasteiger partial charge >= 0.3 is 5.97 Å². The van der Waals surface area contributed by atoms with Gasteiger partial charge in [-0.15, -0.1) is 12.4 Å². The van der Waals surface area contributed by atoms with E-state index in [1.165, 1.54) is 21.9 Å². The van der Waals surface area contributed by atoms with Crippen LogP contribution in [0.2, 0.25) is 0 Å². The van der Waals surface area contributed by atoms with E-state index >= 15 is 0 Å². The maximum atomic E-state index is 11.7. The van der Waals surface area contributed by atoms with Crippen molar-refractivity contribution >= 4 is 29.1 Å². The summed E-state index contributed by atoms with van der Waals surface area (Å²) in [5.74, 6) is -0.881. The van der Waals surface area contributed by atoms with Crippen molar-refractivity contribution in [3.8, 4) is 11.1 Å². The van der Waals surface area contributed by atoms with Crippen LogP contribution in [0.15, 0.2) is 66.7 Å². The predicted octanol–water partition coefficient (Wildman–Crippen LogP) is 7.06. The fraction of sp³-hybridized carbons (Fsp3) is 0.267. The number of pyridine rings is 1. The van der Waals surface area contributed by atoms with Gasteiger partial charge in [0.2, 0.25) is 0 Å². The number of hydrogen-bond acceptors (Lipinski definition) is 3. The first-order valence-electron chi connectivity index (χ1n) is 12.1. The number of rotatable bonds is 6. The number of carboxylic acids is 1. The minimum Gasteiger partial charge on any atom is -0.478 e. The van der Waals surface area contributed by atoms with Crippen LogP contribution in [-0.4, -0.2) is 16.1 Å². The fourth-order valence-electron chi connectivity index (χ4n) is 5.13. The summed E-state index contributed by atoms with van der Waals surface area (Å²) >= 11 is 0. The molecular weight excluding hydrogens is 456 g/mol. The second kappa shape index (κ2) is 10.6. The molecule has 0 amide bonds. The standard InChI is InChI=1S/C30H30N2O2.ClH/c1-19-14-15-22(16-27(19)30(33)34)28-17-23(32-29-13-6-5-11-26(28)29)18-31-20(2)24-12-7-9-21-8-3-4-10-25(21)24;/h3-4,7-10,12,14-17,20,31H,5-6,11,13,18H2,1-2H3,(H,33,34);1H/t20-;/m1./s1. The summed E-state index contributed by atoms with van der Waals surface area (Å²) in [6.07, 6.45) is 4.27. The van der Waals surface area contributed by atoms with Crippen LogP contribution in [-0.2, 0) is 19.4 Å². The molecule has 4 aromatic rings. The number of aromatic nitrogens is 1. The molecule has 0 spiro atoms. The van der Waals surface area contributed by atoms with Gasteiger partial charge < -0.3 is 10.4 Å². The number of carbonyl (C=O) groups is 1. The molecule has 0 fully saturated rings. The molecule has 5 rings (SSSR count). The lowest BCUT2D eigenvalue weighted by Crippen LogP contribution is -2.20. The summed E-state index contributed by atoms with van der Waals surface area (Å²) in [4.78, 5) is 16.8. The second-order valence-corrected chi connectivity index (χ2v) is 9.30. The van der Waals surface area contributed by atoms with Crippen LogP contribution in [0.25, 0.3) is 21.9 Å². The van der Waals surface area contributed by atoms with E-state index in [1.807, 2.05) is 25.1 Å². The van der Waals surface area contributed by atoms with Crippen molar-refractivity contribution in [1.29, 1.82) is 0 Å². The number of aryl methyl sites for hydroxylation is 2. The van der Waals surface area contributed by atoms with E-state index in [0.717, 1.165) is 53.8 Å². The molecule has 0 saturated carbocycles. The van der Waals surface area contributed by atoms with Gasteiger partial charge in [0.1, 0.15) is 0 Å². The Kier molecular flexibility index (Phi) is 7.54. The lowest BCUT2D eigenvalue weighted by atomic mass is 9.88. The highest BCUT2D eigenvalue weighted by Crippen LogP contribution is 2.33. The van der Waals surface area contributed by atoms with E-state index in [-0.39, 0.29) is 18.4 Å². The van der Waals surface area contributed by atoms with Crippen LogP contribution < -0.4 is 5.32 Å². The van der Waals surface area contributed by atoms with Gasteiger partial charge in [-0.2, -0.15) is 0 Å². The predicted molar refractivity (Wildman–Crippen MR) is 144 cm³/mol. The van der Waals surface area contributed by atoms with E-state index < -0.39 is 5.97 Å². The van der Waals surface area contributed by atoms with Crippen molar-refractivity contribution < 1.29 is 9.90 Å². The van der Waals surface area contributed by atoms with Gasteiger partial charge in [0.15, 0.2) is 0 Å². The Morgan fingerprint density at radius 1 is 1.03 bits per heavy atom. The molecule has 4 nitrogen and oxygen atoms in total. The Balaban J connectivity index is 0.00000289. The molecule has 0 radical (unpaired) electrons. The van der Waals surface area contributed by atoms with Crippen molar-refractivity contribution in [2.24, 2.45) is 0 Å². The van der Waals surface area contributed by atoms with Crippen molar-refractivity contribution in [3.63, 3.8) is 0 Å². The van der Waals surface area contributed by atoms with Gasteiger partial charge in [-0.3, -0.25) is 4.98 Å². The Bertz CT molecular complexity index is 1380. The van der Waals surface area contributed by atoms with Crippen LogP contribution in [0, 0.1) is 6.92 Å². The summed E-state index contributed by atoms with van der Waals surface area (Å²) in [5, 5.41) is 15.8. The minimum atomic E-state index is -0.881. The number of hydrogen-bond donors (Lipinski definition) is 2. The number of halogens is 1. The summed E-state index contributed by atoms with van der Waals surface area (Å²) < 4.78 is 0. The van der Waals surface area contributed by atoms with Crippen LogP contribution >= 0.6 is 12.4 Å². The fourth-order valence-corrected chi connectivity index (χ4v) is 5.13. The average Bonchev–Trinajstić information content (AvgIpc) is 2.86. The minimum absolute atomic E-state index is 0. The zero-order chi connectivity index (χ0) is 23.7. The Morgan fingerprint density at radius 3 is 2.63 bits per heavy atom. The number of benzene rings is 3. The monoisotopic (exact) mass is 486 g/mol. The molecule has 1 atom stereocenters. The highest BCUT2D eigenvalue weighted by Gasteiger charge is 2.19. The van der Waals surface area contributed by atoms with Crippen molar-refractivity contribution in [3.05, 3.63) is 100 Å². The number of aromatic carboxylic acids is 1. The summed E-state index contributed by atoms with van der Waals surface area (Å²) in [6.45, 7) is 4.70. The molecule has 0 unspecified atom stereocenters. The van der Waals surface area contributed by atoms with Crippen molar-refractivity contribution in [2.75, 3.05) is 0 Å². The van der Waals surface area contributed by atoms with Crippen LogP contribution in [0.5, 0.6) is 0 Å². The summed E-state index contributed by atoms with van der Waals surface area (Å²) in [6, 6.07) is 23.0. The normalized spacial score (nSPS) is 13.7. The molecule has 1 aromatic heterocycles. The third-order valence-corrected chi connectivity index (χ3v) is 7.01. The second-order valence-electron chi connectivity index (χ2n) is 9.30. The lowest BCUT2D eigenvalue weighted by molar-refractivity contribution is 0.0696. The van der Waals surface area contributed by atoms with Gasteiger partial charge in [0, 0.05) is 18.3 Å². The molecule has 1 aliphatic carbocycles. The molecule has 1 heterocycles.